The summed E-state index contributed by atoms with van der Waals surface area (Å²) in [6, 6.07) is 8.56. The van der Waals surface area contributed by atoms with Crippen LogP contribution in [0.3, 0.4) is 0 Å². The van der Waals surface area contributed by atoms with Crippen molar-refractivity contribution < 1.29 is 9.53 Å². The summed E-state index contributed by atoms with van der Waals surface area (Å²) in [6.07, 6.45) is 2.47. The predicted molar refractivity (Wildman–Crippen MR) is 118 cm³/mol. The Hall–Kier alpha value is -2.28. The first-order valence-electron chi connectivity index (χ1n) is 10.5. The molecule has 1 fully saturated rings. The van der Waals surface area contributed by atoms with Gasteiger partial charge in [0.15, 0.2) is 5.96 Å². The van der Waals surface area contributed by atoms with Crippen molar-refractivity contribution in [1.29, 1.82) is 0 Å². The molecule has 1 atom stereocenters. The van der Waals surface area contributed by atoms with Crippen molar-refractivity contribution in [3.8, 4) is 5.75 Å². The van der Waals surface area contributed by atoms with E-state index >= 15 is 0 Å². The van der Waals surface area contributed by atoms with Crippen molar-refractivity contribution in [2.75, 3.05) is 46.9 Å². The number of ether oxygens (including phenoxy) is 1. The average Bonchev–Trinajstić information content (AvgIpc) is 3.25. The molecule has 0 bridgehead atoms. The lowest BCUT2D eigenvalue weighted by Gasteiger charge is -2.30. The van der Waals surface area contributed by atoms with Gasteiger partial charge in [0.05, 0.1) is 18.6 Å². The van der Waals surface area contributed by atoms with Gasteiger partial charge in [0.2, 0.25) is 5.91 Å². The molecule has 162 valence electrons. The quantitative estimate of drug-likeness (QED) is 0.435. The number of methoxy groups -OCH3 is 1. The maximum atomic E-state index is 12.2. The number of carbonyl (C=O) groups excluding carboxylic acids is 1. The van der Waals surface area contributed by atoms with E-state index < -0.39 is 5.41 Å². The Morgan fingerprint density at radius 2 is 1.83 bits per heavy atom. The molecular formula is C22H37N5O2. The molecule has 0 radical (unpaired) electrons. The third-order valence-electron chi connectivity index (χ3n) is 5.42. The van der Waals surface area contributed by atoms with Crippen molar-refractivity contribution in [3.05, 3.63) is 29.8 Å². The van der Waals surface area contributed by atoms with Gasteiger partial charge in [-0.05, 0) is 64.4 Å². The molecule has 0 saturated carbocycles. The number of nitrogens with zero attached hydrogens (tertiary/aromatic N) is 2. The lowest BCUT2D eigenvalue weighted by molar-refractivity contribution is -0.128. The topological polar surface area (TPSA) is 78.0 Å². The highest BCUT2D eigenvalue weighted by Crippen LogP contribution is 2.26. The number of carbonyl (C=O) groups is 1. The summed E-state index contributed by atoms with van der Waals surface area (Å²) in [5.74, 6) is 1.61. The summed E-state index contributed by atoms with van der Waals surface area (Å²) >= 11 is 0. The van der Waals surface area contributed by atoms with Gasteiger partial charge in [0, 0.05) is 26.7 Å². The molecule has 3 N–H and O–H groups in total. The molecule has 0 aromatic heterocycles. The van der Waals surface area contributed by atoms with Crippen LogP contribution in [0.1, 0.15) is 45.2 Å². The fourth-order valence-electron chi connectivity index (χ4n) is 3.54. The Balaban J connectivity index is 1.99. The molecular weight excluding hydrogens is 366 g/mol. The molecule has 1 aromatic carbocycles. The molecule has 7 heteroatoms. The van der Waals surface area contributed by atoms with Crippen molar-refractivity contribution in [3.63, 3.8) is 0 Å². The number of benzene rings is 1. The van der Waals surface area contributed by atoms with Crippen LogP contribution in [0.25, 0.3) is 0 Å². The zero-order chi connectivity index (χ0) is 21.3. The van der Waals surface area contributed by atoms with Crippen LogP contribution in [0, 0.1) is 5.41 Å². The normalized spacial score (nSPS) is 16.4. The summed E-state index contributed by atoms with van der Waals surface area (Å²) in [5.41, 5.74) is 0.746. The number of guanidine groups is 1. The zero-order valence-electron chi connectivity index (χ0n) is 18.5. The number of amides is 1. The van der Waals surface area contributed by atoms with Crippen LogP contribution in [-0.4, -0.2) is 63.6 Å². The third-order valence-corrected chi connectivity index (χ3v) is 5.42. The van der Waals surface area contributed by atoms with Crippen LogP contribution in [-0.2, 0) is 4.79 Å². The zero-order valence-corrected chi connectivity index (χ0v) is 18.5. The van der Waals surface area contributed by atoms with Gasteiger partial charge in [0.25, 0.3) is 0 Å². The van der Waals surface area contributed by atoms with Crippen LogP contribution in [0.15, 0.2) is 29.3 Å². The Bertz CT molecular complexity index is 666. The molecule has 0 aliphatic carbocycles. The van der Waals surface area contributed by atoms with E-state index in [0.29, 0.717) is 19.0 Å². The van der Waals surface area contributed by atoms with Crippen LogP contribution >= 0.6 is 0 Å². The van der Waals surface area contributed by atoms with Crippen LogP contribution in [0.4, 0.5) is 0 Å². The molecule has 29 heavy (non-hydrogen) atoms. The summed E-state index contributed by atoms with van der Waals surface area (Å²) < 4.78 is 5.30. The summed E-state index contributed by atoms with van der Waals surface area (Å²) in [4.78, 5) is 19.1. The highest BCUT2D eigenvalue weighted by molar-refractivity contribution is 5.84. The molecule has 0 spiro atoms. The highest BCUT2D eigenvalue weighted by atomic mass is 16.5. The fourth-order valence-corrected chi connectivity index (χ4v) is 3.54. The molecule has 1 aliphatic heterocycles. The smallest absolute Gasteiger partial charge is 0.227 e. The van der Waals surface area contributed by atoms with Gasteiger partial charge in [-0.25, -0.2) is 0 Å². The number of nitrogens with one attached hydrogen (secondary N) is 3. The van der Waals surface area contributed by atoms with Crippen LogP contribution in [0.5, 0.6) is 5.75 Å². The molecule has 1 heterocycles. The van der Waals surface area contributed by atoms with E-state index in [4.69, 9.17) is 4.74 Å². The lowest BCUT2D eigenvalue weighted by Crippen LogP contribution is -2.49. The van der Waals surface area contributed by atoms with E-state index in [9.17, 15) is 4.79 Å². The van der Waals surface area contributed by atoms with Gasteiger partial charge < -0.3 is 20.7 Å². The second kappa shape index (κ2) is 11.0. The maximum absolute atomic E-state index is 12.2. The second-order valence-corrected chi connectivity index (χ2v) is 8.08. The van der Waals surface area contributed by atoms with Crippen molar-refractivity contribution in [1.82, 2.24) is 20.9 Å². The van der Waals surface area contributed by atoms with Crippen molar-refractivity contribution in [2.24, 2.45) is 10.4 Å². The third kappa shape index (κ3) is 6.63. The lowest BCUT2D eigenvalue weighted by atomic mass is 9.92. The fraction of sp³-hybridized carbons (Fsp3) is 0.636. The van der Waals surface area contributed by atoms with E-state index in [2.05, 4.69) is 38.0 Å². The minimum atomic E-state index is -0.516. The number of likely N-dealkylation sites (tertiary alicyclic amines) is 1. The average molecular weight is 404 g/mol. The highest BCUT2D eigenvalue weighted by Gasteiger charge is 2.28. The minimum Gasteiger partial charge on any atom is -0.497 e. The van der Waals surface area contributed by atoms with E-state index in [0.717, 1.165) is 25.4 Å². The van der Waals surface area contributed by atoms with Gasteiger partial charge >= 0.3 is 0 Å². The van der Waals surface area contributed by atoms with Gasteiger partial charge in [-0.1, -0.05) is 12.1 Å². The Labute approximate surface area is 175 Å². The Kier molecular flexibility index (Phi) is 8.76. The van der Waals surface area contributed by atoms with E-state index in [1.165, 1.54) is 18.4 Å². The molecule has 2 rings (SSSR count). The second-order valence-electron chi connectivity index (χ2n) is 8.08. The molecule has 1 aliphatic rings. The predicted octanol–water partition coefficient (Wildman–Crippen LogP) is 2.16. The summed E-state index contributed by atoms with van der Waals surface area (Å²) in [6.45, 7) is 9.89. The van der Waals surface area contributed by atoms with Gasteiger partial charge in [-0.15, -0.1) is 0 Å². The number of rotatable bonds is 9. The standard InChI is InChI=1S/C22H37N5O2/c1-6-24-20(28)22(2,3)16-26-21(23-4)25-15-19(27-13-7-8-14-27)17-9-11-18(29-5)12-10-17/h9-12,19H,6-8,13-16H2,1-5H3,(H,24,28)(H2,23,25,26). The van der Waals surface area contributed by atoms with Gasteiger partial charge in [0.1, 0.15) is 5.75 Å². The maximum Gasteiger partial charge on any atom is 0.227 e. The molecule has 1 saturated heterocycles. The SMILES string of the molecule is CCNC(=O)C(C)(C)CNC(=NC)NCC(c1ccc(OC)cc1)N1CCCC1. The molecule has 7 nitrogen and oxygen atoms in total. The van der Waals surface area contributed by atoms with Gasteiger partial charge in [-0.2, -0.15) is 0 Å². The first-order chi connectivity index (χ1) is 13.9. The molecule has 1 unspecified atom stereocenters. The Morgan fingerprint density at radius 3 is 2.38 bits per heavy atom. The van der Waals surface area contributed by atoms with Crippen LogP contribution < -0.4 is 20.7 Å². The summed E-state index contributed by atoms with van der Waals surface area (Å²) in [5, 5.41) is 9.65. The van der Waals surface area contributed by atoms with Gasteiger partial charge in [-0.3, -0.25) is 14.7 Å². The molecule has 1 aromatic rings. The molecule has 1 amide bonds. The van der Waals surface area contributed by atoms with Crippen molar-refractivity contribution in [2.45, 2.75) is 39.7 Å². The van der Waals surface area contributed by atoms with E-state index in [-0.39, 0.29) is 11.9 Å². The number of aliphatic imine (C=N–C) groups is 1. The monoisotopic (exact) mass is 403 g/mol. The minimum absolute atomic E-state index is 0.0381. The largest absolute Gasteiger partial charge is 0.497 e. The van der Waals surface area contributed by atoms with Crippen LogP contribution in [0.2, 0.25) is 0 Å². The number of hydrogen-bond donors (Lipinski definition) is 3. The van der Waals surface area contributed by atoms with E-state index in [1.54, 1.807) is 14.2 Å². The number of hydrogen-bond acceptors (Lipinski definition) is 4. The van der Waals surface area contributed by atoms with E-state index in [1.807, 2.05) is 32.9 Å². The first kappa shape index (κ1) is 23.0. The first-order valence-corrected chi connectivity index (χ1v) is 10.5. The Morgan fingerprint density at radius 1 is 1.17 bits per heavy atom. The van der Waals surface area contributed by atoms with Crippen molar-refractivity contribution >= 4 is 11.9 Å². The summed E-state index contributed by atoms with van der Waals surface area (Å²) in [7, 11) is 3.44.